The van der Waals surface area contributed by atoms with Crippen molar-refractivity contribution in [3.63, 3.8) is 0 Å². The number of hydrogen-bond donors (Lipinski definition) is 1. The normalized spacial score (nSPS) is 17.7. The SMILES string of the molecule is CCNC(=O)N1CCn2nc(CN3CCN(c4cccnc4)CC3)cc2C1. The summed E-state index contributed by atoms with van der Waals surface area (Å²) in [5.41, 5.74) is 3.41. The molecule has 2 aromatic rings. The van der Waals surface area contributed by atoms with E-state index in [1.54, 1.807) is 0 Å². The minimum atomic E-state index is 0.0121. The van der Waals surface area contributed by atoms with Gasteiger partial charge in [0.05, 0.1) is 36.4 Å². The molecule has 1 N–H and O–H groups in total. The summed E-state index contributed by atoms with van der Waals surface area (Å²) in [5, 5.41) is 7.63. The summed E-state index contributed by atoms with van der Waals surface area (Å²) in [6.07, 6.45) is 3.74. The number of urea groups is 1. The molecule has 2 amide bonds. The monoisotopic (exact) mass is 369 g/mol. The zero-order chi connectivity index (χ0) is 18.6. The van der Waals surface area contributed by atoms with Crippen LogP contribution in [0.2, 0.25) is 0 Å². The number of piperazine rings is 1. The molecule has 1 saturated heterocycles. The molecule has 1 fully saturated rings. The lowest BCUT2D eigenvalue weighted by molar-refractivity contribution is 0.181. The third-order valence-corrected chi connectivity index (χ3v) is 5.23. The molecule has 0 bridgehead atoms. The van der Waals surface area contributed by atoms with Gasteiger partial charge in [0.25, 0.3) is 0 Å². The second kappa shape index (κ2) is 7.96. The molecule has 0 saturated carbocycles. The van der Waals surface area contributed by atoms with E-state index in [4.69, 9.17) is 5.10 Å². The molecular formula is C19H27N7O. The first-order valence-electron chi connectivity index (χ1n) is 9.68. The molecule has 0 aromatic carbocycles. The summed E-state index contributed by atoms with van der Waals surface area (Å²) >= 11 is 0. The van der Waals surface area contributed by atoms with E-state index in [-0.39, 0.29) is 6.03 Å². The Morgan fingerprint density at radius 1 is 1.19 bits per heavy atom. The van der Waals surface area contributed by atoms with Gasteiger partial charge in [0.1, 0.15) is 0 Å². The number of amides is 2. The first kappa shape index (κ1) is 17.8. The molecular weight excluding hydrogens is 342 g/mol. The Balaban J connectivity index is 1.32. The molecule has 4 rings (SSSR count). The fraction of sp³-hybridized carbons (Fsp3) is 0.526. The van der Waals surface area contributed by atoms with Crippen LogP contribution in [0.1, 0.15) is 18.3 Å². The van der Waals surface area contributed by atoms with Gasteiger partial charge >= 0.3 is 6.03 Å². The van der Waals surface area contributed by atoms with Crippen LogP contribution in [0.3, 0.4) is 0 Å². The number of fused-ring (bicyclic) bond motifs is 1. The molecule has 0 atom stereocenters. The first-order chi connectivity index (χ1) is 13.2. The Morgan fingerprint density at radius 3 is 2.78 bits per heavy atom. The van der Waals surface area contributed by atoms with E-state index >= 15 is 0 Å². The van der Waals surface area contributed by atoms with E-state index in [0.717, 1.165) is 50.7 Å². The predicted molar refractivity (Wildman–Crippen MR) is 103 cm³/mol. The van der Waals surface area contributed by atoms with Crippen molar-refractivity contribution < 1.29 is 4.79 Å². The lowest BCUT2D eigenvalue weighted by Crippen LogP contribution is -2.46. The number of nitrogens with zero attached hydrogens (tertiary/aromatic N) is 6. The minimum Gasteiger partial charge on any atom is -0.368 e. The molecule has 4 heterocycles. The van der Waals surface area contributed by atoms with Crippen molar-refractivity contribution in [1.29, 1.82) is 0 Å². The lowest BCUT2D eigenvalue weighted by Gasteiger charge is -2.35. The highest BCUT2D eigenvalue weighted by Crippen LogP contribution is 2.18. The molecule has 2 aliphatic heterocycles. The fourth-order valence-electron chi connectivity index (χ4n) is 3.77. The van der Waals surface area contributed by atoms with Crippen LogP contribution in [0.4, 0.5) is 10.5 Å². The zero-order valence-corrected chi connectivity index (χ0v) is 15.8. The maximum atomic E-state index is 12.0. The Bertz CT molecular complexity index is 768. The van der Waals surface area contributed by atoms with Crippen LogP contribution >= 0.6 is 0 Å². The van der Waals surface area contributed by atoms with Crippen LogP contribution in [-0.4, -0.2) is 69.9 Å². The molecule has 8 nitrogen and oxygen atoms in total. The van der Waals surface area contributed by atoms with Crippen molar-refractivity contribution in [2.24, 2.45) is 0 Å². The largest absolute Gasteiger partial charge is 0.368 e. The Morgan fingerprint density at radius 2 is 2.04 bits per heavy atom. The maximum Gasteiger partial charge on any atom is 0.317 e. The highest BCUT2D eigenvalue weighted by Gasteiger charge is 2.23. The zero-order valence-electron chi connectivity index (χ0n) is 15.8. The number of carbonyl (C=O) groups is 1. The predicted octanol–water partition coefficient (Wildman–Crippen LogP) is 1.15. The van der Waals surface area contributed by atoms with Gasteiger partial charge in [-0.3, -0.25) is 14.6 Å². The Kier molecular flexibility index (Phi) is 5.24. The van der Waals surface area contributed by atoms with Crippen molar-refractivity contribution in [3.8, 4) is 0 Å². The van der Waals surface area contributed by atoms with Crippen LogP contribution < -0.4 is 10.2 Å². The van der Waals surface area contributed by atoms with Crippen LogP contribution in [0.15, 0.2) is 30.6 Å². The molecule has 144 valence electrons. The van der Waals surface area contributed by atoms with E-state index in [1.807, 2.05) is 30.3 Å². The second-order valence-electron chi connectivity index (χ2n) is 7.08. The number of carbonyl (C=O) groups excluding carboxylic acids is 1. The highest BCUT2D eigenvalue weighted by atomic mass is 16.2. The molecule has 0 radical (unpaired) electrons. The molecule has 0 unspecified atom stereocenters. The van der Waals surface area contributed by atoms with Crippen LogP contribution in [0.25, 0.3) is 0 Å². The first-order valence-corrected chi connectivity index (χ1v) is 9.68. The van der Waals surface area contributed by atoms with Crippen molar-refractivity contribution >= 4 is 11.7 Å². The maximum absolute atomic E-state index is 12.0. The van der Waals surface area contributed by atoms with E-state index in [9.17, 15) is 4.79 Å². The van der Waals surface area contributed by atoms with Crippen molar-refractivity contribution in [2.45, 2.75) is 26.6 Å². The smallest absolute Gasteiger partial charge is 0.317 e. The van der Waals surface area contributed by atoms with E-state index in [2.05, 4.69) is 36.9 Å². The third kappa shape index (κ3) is 4.05. The summed E-state index contributed by atoms with van der Waals surface area (Å²) in [7, 11) is 0. The number of anilines is 1. The Hall–Kier alpha value is -2.61. The third-order valence-electron chi connectivity index (χ3n) is 5.23. The average molecular weight is 369 g/mol. The molecule has 8 heteroatoms. The van der Waals surface area contributed by atoms with Gasteiger partial charge in [-0.1, -0.05) is 0 Å². The molecule has 27 heavy (non-hydrogen) atoms. The van der Waals surface area contributed by atoms with Gasteiger partial charge in [-0.05, 0) is 25.1 Å². The quantitative estimate of drug-likeness (QED) is 0.875. The average Bonchev–Trinajstić information content (AvgIpc) is 3.11. The summed E-state index contributed by atoms with van der Waals surface area (Å²) in [6.45, 7) is 9.61. The van der Waals surface area contributed by atoms with Gasteiger partial charge in [0.2, 0.25) is 0 Å². The number of rotatable bonds is 4. The van der Waals surface area contributed by atoms with Gasteiger partial charge in [-0.25, -0.2) is 4.79 Å². The number of pyridine rings is 1. The lowest BCUT2D eigenvalue weighted by atomic mass is 10.2. The fourth-order valence-corrected chi connectivity index (χ4v) is 3.77. The van der Waals surface area contributed by atoms with E-state index in [0.29, 0.717) is 19.6 Å². The Labute approximate surface area is 159 Å². The van der Waals surface area contributed by atoms with Gasteiger partial charge in [-0.2, -0.15) is 5.10 Å². The highest BCUT2D eigenvalue weighted by molar-refractivity contribution is 5.74. The van der Waals surface area contributed by atoms with Crippen molar-refractivity contribution in [3.05, 3.63) is 42.0 Å². The van der Waals surface area contributed by atoms with Gasteiger partial charge in [0, 0.05) is 52.0 Å². The van der Waals surface area contributed by atoms with Gasteiger partial charge in [0.15, 0.2) is 0 Å². The number of hydrogen-bond acceptors (Lipinski definition) is 5. The summed E-state index contributed by atoms with van der Waals surface area (Å²) < 4.78 is 2.05. The van der Waals surface area contributed by atoms with E-state index in [1.165, 1.54) is 5.69 Å². The molecule has 2 aliphatic rings. The second-order valence-corrected chi connectivity index (χ2v) is 7.08. The van der Waals surface area contributed by atoms with Gasteiger partial charge in [-0.15, -0.1) is 0 Å². The number of aromatic nitrogens is 3. The number of nitrogens with one attached hydrogen (secondary N) is 1. The van der Waals surface area contributed by atoms with Crippen LogP contribution in [0.5, 0.6) is 0 Å². The van der Waals surface area contributed by atoms with Gasteiger partial charge < -0.3 is 15.1 Å². The molecule has 2 aromatic heterocycles. The van der Waals surface area contributed by atoms with Crippen LogP contribution in [0, 0.1) is 0 Å². The summed E-state index contributed by atoms with van der Waals surface area (Å²) in [4.78, 5) is 22.9. The summed E-state index contributed by atoms with van der Waals surface area (Å²) in [6, 6.07) is 6.27. The van der Waals surface area contributed by atoms with E-state index < -0.39 is 0 Å². The molecule has 0 aliphatic carbocycles. The van der Waals surface area contributed by atoms with Crippen molar-refractivity contribution in [2.75, 3.05) is 44.2 Å². The summed E-state index contributed by atoms with van der Waals surface area (Å²) in [5.74, 6) is 0. The topological polar surface area (TPSA) is 69.5 Å². The minimum absolute atomic E-state index is 0.0121. The van der Waals surface area contributed by atoms with Crippen molar-refractivity contribution in [1.82, 2.24) is 29.9 Å². The molecule has 0 spiro atoms. The standard InChI is InChI=1S/C19H27N7O/c1-2-21-19(27)25-10-11-26-18(15-25)12-16(22-26)14-23-6-8-24(9-7-23)17-4-3-5-20-13-17/h3-5,12-13H,2,6-11,14-15H2,1H3,(H,21,27). The van der Waals surface area contributed by atoms with Crippen LogP contribution in [-0.2, 0) is 19.6 Å².